The fraction of sp³-hybridized carbons (Fsp3) is 0.316. The first-order chi connectivity index (χ1) is 12.1. The topological polar surface area (TPSA) is 50.4 Å². The van der Waals surface area contributed by atoms with Crippen molar-refractivity contribution in [1.29, 1.82) is 0 Å². The maximum atomic E-state index is 14.0. The van der Waals surface area contributed by atoms with Crippen molar-refractivity contribution >= 4 is 23.2 Å². The number of fused-ring (bicyclic) bond motifs is 2. The van der Waals surface area contributed by atoms with Crippen LogP contribution < -0.4 is 15.4 Å². The molecule has 0 aromatic heterocycles. The Hall–Kier alpha value is -2.11. The van der Waals surface area contributed by atoms with Crippen molar-refractivity contribution in [3.63, 3.8) is 0 Å². The van der Waals surface area contributed by atoms with Crippen LogP contribution in [0.15, 0.2) is 36.4 Å². The lowest BCUT2D eigenvalue weighted by atomic mass is 9.67. The van der Waals surface area contributed by atoms with Crippen LogP contribution in [0, 0.1) is 5.82 Å². The van der Waals surface area contributed by atoms with Gasteiger partial charge in [-0.2, -0.15) is 0 Å². The normalized spacial score (nSPS) is 24.9. The van der Waals surface area contributed by atoms with Gasteiger partial charge in [0.2, 0.25) is 5.91 Å². The smallest absolute Gasteiger partial charge is 0.237 e. The number of hydrogen-bond donors (Lipinski definition) is 2. The van der Waals surface area contributed by atoms with Crippen molar-refractivity contribution < 1.29 is 13.9 Å². The van der Waals surface area contributed by atoms with E-state index in [2.05, 4.69) is 10.6 Å². The number of carbonyl (C=O) groups excluding carboxylic acids is 1. The molecular formula is C19H18ClFN2O2. The number of methoxy groups -OCH3 is 1. The lowest BCUT2D eigenvalue weighted by Crippen LogP contribution is -2.50. The molecule has 130 valence electrons. The van der Waals surface area contributed by atoms with Crippen LogP contribution in [0.25, 0.3) is 0 Å². The Kier molecular flexibility index (Phi) is 3.93. The van der Waals surface area contributed by atoms with Gasteiger partial charge < -0.3 is 15.4 Å². The number of halogens is 2. The van der Waals surface area contributed by atoms with Gasteiger partial charge in [0.25, 0.3) is 0 Å². The lowest BCUT2D eigenvalue weighted by Gasteiger charge is -2.41. The summed E-state index contributed by atoms with van der Waals surface area (Å²) < 4.78 is 19.4. The zero-order valence-electron chi connectivity index (χ0n) is 13.7. The third-order valence-electron chi connectivity index (χ3n) is 5.21. The number of anilines is 1. The van der Waals surface area contributed by atoms with E-state index >= 15 is 0 Å². The second kappa shape index (κ2) is 6.00. The largest absolute Gasteiger partial charge is 0.496 e. The van der Waals surface area contributed by atoms with Gasteiger partial charge in [-0.1, -0.05) is 17.7 Å². The molecule has 1 fully saturated rings. The summed E-state index contributed by atoms with van der Waals surface area (Å²) in [5, 5.41) is 6.94. The summed E-state index contributed by atoms with van der Waals surface area (Å²) in [5.41, 5.74) is 1.46. The lowest BCUT2D eigenvalue weighted by molar-refractivity contribution is -0.123. The summed E-state index contributed by atoms with van der Waals surface area (Å²) in [6.45, 7) is 0.752. The van der Waals surface area contributed by atoms with Gasteiger partial charge in [0.05, 0.1) is 18.6 Å². The number of benzene rings is 2. The van der Waals surface area contributed by atoms with Crippen LogP contribution >= 0.6 is 11.6 Å². The van der Waals surface area contributed by atoms with E-state index in [0.29, 0.717) is 22.8 Å². The second-order valence-electron chi connectivity index (χ2n) is 6.49. The third kappa shape index (κ3) is 2.41. The number of nitrogens with one attached hydrogen (secondary N) is 2. The molecule has 2 aliphatic rings. The van der Waals surface area contributed by atoms with Crippen LogP contribution in [0.5, 0.6) is 5.75 Å². The zero-order valence-corrected chi connectivity index (χ0v) is 14.5. The number of amides is 1. The maximum absolute atomic E-state index is 14.0. The summed E-state index contributed by atoms with van der Waals surface area (Å²) in [5.74, 6) is 0.122. The average Bonchev–Trinajstić information content (AvgIpc) is 2.87. The minimum atomic E-state index is -0.806. The number of piperidine rings is 1. The molecule has 2 N–H and O–H groups in total. The van der Waals surface area contributed by atoms with Crippen LogP contribution in [-0.4, -0.2) is 19.6 Å². The molecule has 1 saturated heterocycles. The maximum Gasteiger partial charge on any atom is 0.237 e. The molecule has 2 aliphatic heterocycles. The molecule has 0 saturated carbocycles. The monoisotopic (exact) mass is 360 g/mol. The van der Waals surface area contributed by atoms with E-state index < -0.39 is 5.41 Å². The number of ether oxygens (including phenoxy) is 1. The van der Waals surface area contributed by atoms with Crippen molar-refractivity contribution in [3.05, 3.63) is 58.4 Å². The molecule has 0 unspecified atom stereocenters. The molecule has 1 spiro atoms. The van der Waals surface area contributed by atoms with Gasteiger partial charge in [-0.3, -0.25) is 4.79 Å². The first-order valence-electron chi connectivity index (χ1n) is 8.24. The molecule has 2 atom stereocenters. The predicted molar refractivity (Wildman–Crippen MR) is 94.7 cm³/mol. The van der Waals surface area contributed by atoms with Crippen molar-refractivity contribution in [2.45, 2.75) is 24.3 Å². The van der Waals surface area contributed by atoms with E-state index in [4.69, 9.17) is 16.3 Å². The molecule has 2 aromatic rings. The van der Waals surface area contributed by atoms with Crippen LogP contribution in [-0.2, 0) is 10.2 Å². The van der Waals surface area contributed by atoms with Gasteiger partial charge >= 0.3 is 0 Å². The van der Waals surface area contributed by atoms with Gasteiger partial charge in [-0.05, 0) is 55.3 Å². The summed E-state index contributed by atoms with van der Waals surface area (Å²) in [7, 11) is 1.55. The van der Waals surface area contributed by atoms with Crippen LogP contribution in [0.3, 0.4) is 0 Å². The molecule has 0 bridgehead atoms. The third-order valence-corrected chi connectivity index (χ3v) is 5.44. The molecular weight excluding hydrogens is 343 g/mol. The highest BCUT2D eigenvalue weighted by molar-refractivity contribution is 6.31. The van der Waals surface area contributed by atoms with Gasteiger partial charge in [0.15, 0.2) is 0 Å². The molecule has 25 heavy (non-hydrogen) atoms. The average molecular weight is 361 g/mol. The highest BCUT2D eigenvalue weighted by Gasteiger charge is 2.54. The van der Waals surface area contributed by atoms with E-state index in [1.165, 1.54) is 12.1 Å². The summed E-state index contributed by atoms with van der Waals surface area (Å²) in [4.78, 5) is 13.1. The Morgan fingerprint density at radius 3 is 2.92 bits per heavy atom. The molecule has 2 aromatic carbocycles. The SMILES string of the molecule is COc1ccc(F)cc1[C@H]1NCCC[C@]12C(=O)Nc1cc(Cl)ccc12. The molecule has 0 radical (unpaired) electrons. The highest BCUT2D eigenvalue weighted by atomic mass is 35.5. The minimum absolute atomic E-state index is 0.0896. The number of rotatable bonds is 2. The molecule has 6 heteroatoms. The van der Waals surface area contributed by atoms with Crippen molar-refractivity contribution in [1.82, 2.24) is 5.32 Å². The van der Waals surface area contributed by atoms with E-state index in [1.54, 1.807) is 25.3 Å². The summed E-state index contributed by atoms with van der Waals surface area (Å²) in [6, 6.07) is 9.47. The first kappa shape index (κ1) is 16.4. The Morgan fingerprint density at radius 1 is 1.28 bits per heavy atom. The highest BCUT2D eigenvalue weighted by Crippen LogP contribution is 2.52. The van der Waals surface area contributed by atoms with Crippen LogP contribution in [0.1, 0.15) is 30.0 Å². The summed E-state index contributed by atoms with van der Waals surface area (Å²) in [6.07, 6.45) is 1.52. The predicted octanol–water partition coefficient (Wildman–Crippen LogP) is 3.80. The quantitative estimate of drug-likeness (QED) is 0.856. The molecule has 4 nitrogen and oxygen atoms in total. The van der Waals surface area contributed by atoms with Gasteiger partial charge in [-0.15, -0.1) is 0 Å². The standard InChI is InChI=1S/C19H18ClFN2O2/c1-25-16-6-4-12(21)10-13(16)17-19(7-2-8-22-17)14-5-3-11(20)9-15(14)23-18(19)24/h3-6,9-10,17,22H,2,7-8H2,1H3,(H,23,24)/t17-,19-/m1/s1. The Morgan fingerprint density at radius 2 is 2.12 bits per heavy atom. The molecule has 1 amide bonds. The minimum Gasteiger partial charge on any atom is -0.496 e. The van der Waals surface area contributed by atoms with Crippen molar-refractivity contribution in [2.24, 2.45) is 0 Å². The Bertz CT molecular complexity index is 857. The number of hydrogen-bond acceptors (Lipinski definition) is 3. The first-order valence-corrected chi connectivity index (χ1v) is 8.62. The van der Waals surface area contributed by atoms with Gasteiger partial charge in [-0.25, -0.2) is 4.39 Å². The zero-order chi connectivity index (χ0) is 17.6. The van der Waals surface area contributed by atoms with Crippen LogP contribution in [0.4, 0.5) is 10.1 Å². The van der Waals surface area contributed by atoms with Crippen molar-refractivity contribution in [3.8, 4) is 5.75 Å². The Labute approximate surface area is 150 Å². The second-order valence-corrected chi connectivity index (χ2v) is 6.93. The fourth-order valence-electron chi connectivity index (χ4n) is 4.14. The van der Waals surface area contributed by atoms with E-state index in [9.17, 15) is 9.18 Å². The molecule has 2 heterocycles. The van der Waals surface area contributed by atoms with Crippen LogP contribution in [0.2, 0.25) is 5.02 Å². The molecule has 4 rings (SSSR count). The van der Waals surface area contributed by atoms with E-state index in [0.717, 1.165) is 24.2 Å². The number of carbonyl (C=O) groups is 1. The Balaban J connectivity index is 1.92. The van der Waals surface area contributed by atoms with Gasteiger partial charge in [0.1, 0.15) is 11.6 Å². The fourth-order valence-corrected chi connectivity index (χ4v) is 4.31. The van der Waals surface area contributed by atoms with E-state index in [1.807, 2.05) is 6.07 Å². The summed E-state index contributed by atoms with van der Waals surface area (Å²) >= 11 is 6.08. The van der Waals surface area contributed by atoms with Gasteiger partial charge in [0, 0.05) is 16.3 Å². The molecule has 0 aliphatic carbocycles. The van der Waals surface area contributed by atoms with Crippen molar-refractivity contribution in [2.75, 3.05) is 19.0 Å². The van der Waals surface area contributed by atoms with E-state index in [-0.39, 0.29) is 17.8 Å².